The summed E-state index contributed by atoms with van der Waals surface area (Å²) in [6, 6.07) is 18.1. The fraction of sp³-hybridized carbons (Fsp3) is 0.208. The van der Waals surface area contributed by atoms with Crippen molar-refractivity contribution in [2.75, 3.05) is 31.1 Å². The van der Waals surface area contributed by atoms with Crippen LogP contribution in [-0.2, 0) is 4.79 Å². The Morgan fingerprint density at radius 1 is 0.806 bits per heavy atom. The molecule has 1 aliphatic heterocycles. The van der Waals surface area contributed by atoms with Gasteiger partial charge in [-0.3, -0.25) is 19.0 Å². The number of para-hydroxylation sites is 1. The minimum atomic E-state index is -1.33. The molecule has 0 aliphatic carbocycles. The van der Waals surface area contributed by atoms with Gasteiger partial charge in [-0.05, 0) is 42.5 Å². The molecule has 1 unspecified atom stereocenters. The van der Waals surface area contributed by atoms with Crippen LogP contribution < -0.4 is 10.5 Å². The van der Waals surface area contributed by atoms with Crippen LogP contribution in [0.1, 0.15) is 16.4 Å². The second-order valence-electron chi connectivity index (χ2n) is 7.37. The molecule has 0 spiro atoms. The predicted octanol–water partition coefficient (Wildman–Crippen LogP) is 2.76. The van der Waals surface area contributed by atoms with E-state index in [1.54, 1.807) is 17.0 Å². The molecule has 0 radical (unpaired) electrons. The number of ketones is 1. The second kappa shape index (κ2) is 8.95. The van der Waals surface area contributed by atoms with Crippen LogP contribution in [0.2, 0.25) is 0 Å². The van der Waals surface area contributed by atoms with Crippen molar-refractivity contribution in [3.05, 3.63) is 101 Å². The zero-order valence-electron chi connectivity index (χ0n) is 16.9. The number of piperazine rings is 1. The number of benzene rings is 2. The molecule has 2 heterocycles. The van der Waals surface area contributed by atoms with E-state index in [4.69, 9.17) is 0 Å². The number of halogens is 1. The van der Waals surface area contributed by atoms with Crippen LogP contribution in [0.25, 0.3) is 0 Å². The van der Waals surface area contributed by atoms with Crippen LogP contribution in [0.5, 0.6) is 0 Å². The summed E-state index contributed by atoms with van der Waals surface area (Å²) in [6.07, 6.45) is 1.44. The number of anilines is 1. The number of nitrogens with zero attached hydrogens (tertiary/aromatic N) is 3. The molecule has 1 aromatic heterocycles. The maximum atomic E-state index is 13.4. The standard InChI is InChI=1S/C24H22FN3O3/c25-19-11-9-18(10-12-19)23(30)22(28-13-5-4-8-21(28)29)24(31)27-16-14-26(15-17-27)20-6-2-1-3-7-20/h1-13,22H,14-17H2. The van der Waals surface area contributed by atoms with Gasteiger partial charge in [0.2, 0.25) is 0 Å². The van der Waals surface area contributed by atoms with Crippen molar-refractivity contribution >= 4 is 17.4 Å². The van der Waals surface area contributed by atoms with E-state index in [2.05, 4.69) is 4.90 Å². The van der Waals surface area contributed by atoms with Gasteiger partial charge in [-0.25, -0.2) is 4.39 Å². The van der Waals surface area contributed by atoms with E-state index >= 15 is 0 Å². The Hall–Kier alpha value is -3.74. The quantitative estimate of drug-likeness (QED) is 0.471. The molecule has 0 saturated carbocycles. The van der Waals surface area contributed by atoms with Crippen molar-refractivity contribution in [1.82, 2.24) is 9.47 Å². The van der Waals surface area contributed by atoms with E-state index in [-0.39, 0.29) is 5.56 Å². The number of carbonyl (C=O) groups is 2. The lowest BCUT2D eigenvalue weighted by Gasteiger charge is -2.37. The Kier molecular flexibility index (Phi) is 5.93. The third kappa shape index (κ3) is 4.40. The zero-order chi connectivity index (χ0) is 21.8. The van der Waals surface area contributed by atoms with Gasteiger partial charge in [0.05, 0.1) is 0 Å². The maximum absolute atomic E-state index is 13.4. The predicted molar refractivity (Wildman–Crippen MR) is 116 cm³/mol. The summed E-state index contributed by atoms with van der Waals surface area (Å²) in [5.41, 5.74) is 0.811. The average molecular weight is 419 g/mol. The Morgan fingerprint density at radius 3 is 2.10 bits per heavy atom. The highest BCUT2D eigenvalue weighted by Gasteiger charge is 2.35. The molecule has 2 aromatic carbocycles. The van der Waals surface area contributed by atoms with Crippen LogP contribution >= 0.6 is 0 Å². The largest absolute Gasteiger partial charge is 0.368 e. The van der Waals surface area contributed by atoms with Gasteiger partial charge in [0.25, 0.3) is 11.5 Å². The fourth-order valence-electron chi connectivity index (χ4n) is 3.78. The average Bonchev–Trinajstić information content (AvgIpc) is 2.81. The molecule has 1 aliphatic rings. The summed E-state index contributed by atoms with van der Waals surface area (Å²) in [4.78, 5) is 42.9. The highest BCUT2D eigenvalue weighted by molar-refractivity contribution is 6.11. The van der Waals surface area contributed by atoms with Gasteiger partial charge < -0.3 is 9.80 Å². The van der Waals surface area contributed by atoms with Crippen molar-refractivity contribution in [3.8, 4) is 0 Å². The van der Waals surface area contributed by atoms with Gasteiger partial charge in [0.1, 0.15) is 5.82 Å². The minimum absolute atomic E-state index is 0.179. The molecular formula is C24H22FN3O3. The summed E-state index contributed by atoms with van der Waals surface area (Å²) < 4.78 is 14.5. The molecular weight excluding hydrogens is 397 g/mol. The molecule has 0 N–H and O–H groups in total. The third-order valence-electron chi connectivity index (χ3n) is 5.45. The molecule has 158 valence electrons. The zero-order valence-corrected chi connectivity index (χ0v) is 16.9. The van der Waals surface area contributed by atoms with E-state index in [9.17, 15) is 18.8 Å². The Labute approximate surface area is 179 Å². The maximum Gasteiger partial charge on any atom is 0.253 e. The molecule has 1 atom stereocenters. The van der Waals surface area contributed by atoms with Crippen LogP contribution in [0.3, 0.4) is 0 Å². The minimum Gasteiger partial charge on any atom is -0.368 e. The monoisotopic (exact) mass is 419 g/mol. The number of pyridine rings is 1. The molecule has 31 heavy (non-hydrogen) atoms. The van der Waals surface area contributed by atoms with E-state index in [1.807, 2.05) is 30.3 Å². The van der Waals surface area contributed by atoms with Gasteiger partial charge in [0, 0.05) is 49.7 Å². The smallest absolute Gasteiger partial charge is 0.253 e. The summed E-state index contributed by atoms with van der Waals surface area (Å²) in [5.74, 6) is -1.45. The molecule has 0 bridgehead atoms. The summed E-state index contributed by atoms with van der Waals surface area (Å²) in [7, 11) is 0. The number of amides is 1. The van der Waals surface area contributed by atoms with Gasteiger partial charge in [-0.1, -0.05) is 24.3 Å². The topological polar surface area (TPSA) is 62.6 Å². The van der Waals surface area contributed by atoms with Crippen molar-refractivity contribution in [1.29, 1.82) is 0 Å². The number of hydrogen-bond acceptors (Lipinski definition) is 4. The summed E-state index contributed by atoms with van der Waals surface area (Å²) >= 11 is 0. The first kappa shape index (κ1) is 20.5. The van der Waals surface area contributed by atoms with Gasteiger partial charge >= 0.3 is 0 Å². The van der Waals surface area contributed by atoms with Crippen molar-refractivity contribution in [3.63, 3.8) is 0 Å². The molecule has 1 amide bonds. The van der Waals surface area contributed by atoms with E-state index < -0.39 is 29.1 Å². The number of Topliss-reactive ketones (excluding diaryl/α,β-unsaturated/α-hetero) is 1. The van der Waals surface area contributed by atoms with E-state index in [1.165, 1.54) is 36.5 Å². The first-order chi connectivity index (χ1) is 15.0. The normalized spacial score (nSPS) is 14.9. The highest BCUT2D eigenvalue weighted by Crippen LogP contribution is 2.20. The fourth-order valence-corrected chi connectivity index (χ4v) is 3.78. The van der Waals surface area contributed by atoms with Gasteiger partial charge in [0.15, 0.2) is 11.8 Å². The molecule has 7 heteroatoms. The number of carbonyl (C=O) groups excluding carboxylic acids is 2. The first-order valence-corrected chi connectivity index (χ1v) is 10.1. The van der Waals surface area contributed by atoms with Crippen molar-refractivity contribution in [2.45, 2.75) is 6.04 Å². The third-order valence-corrected chi connectivity index (χ3v) is 5.45. The molecule has 1 fully saturated rings. The van der Waals surface area contributed by atoms with Crippen LogP contribution in [0, 0.1) is 5.82 Å². The molecule has 4 rings (SSSR count). The number of rotatable bonds is 5. The number of hydrogen-bond donors (Lipinski definition) is 0. The Bertz CT molecular complexity index is 1120. The van der Waals surface area contributed by atoms with Crippen molar-refractivity contribution < 1.29 is 14.0 Å². The summed E-state index contributed by atoms with van der Waals surface area (Å²) in [6.45, 7) is 2.11. The van der Waals surface area contributed by atoms with Gasteiger partial charge in [-0.2, -0.15) is 0 Å². The SMILES string of the molecule is O=C(c1ccc(F)cc1)C(C(=O)N1CCN(c2ccccc2)CC1)n1ccccc1=O. The molecule has 1 saturated heterocycles. The second-order valence-corrected chi connectivity index (χ2v) is 7.37. The van der Waals surface area contributed by atoms with Gasteiger partial charge in [-0.15, -0.1) is 0 Å². The molecule has 6 nitrogen and oxygen atoms in total. The van der Waals surface area contributed by atoms with Crippen LogP contribution in [-0.4, -0.2) is 47.3 Å². The van der Waals surface area contributed by atoms with Crippen LogP contribution in [0.4, 0.5) is 10.1 Å². The van der Waals surface area contributed by atoms with Crippen molar-refractivity contribution in [2.24, 2.45) is 0 Å². The first-order valence-electron chi connectivity index (χ1n) is 10.1. The van der Waals surface area contributed by atoms with E-state index in [0.717, 1.165) is 10.3 Å². The van der Waals surface area contributed by atoms with E-state index in [0.29, 0.717) is 26.2 Å². The Balaban J connectivity index is 1.59. The lowest BCUT2D eigenvalue weighted by Crippen LogP contribution is -2.52. The summed E-state index contributed by atoms with van der Waals surface area (Å²) in [5, 5.41) is 0. The number of aromatic nitrogens is 1. The highest BCUT2D eigenvalue weighted by atomic mass is 19.1. The molecule has 3 aromatic rings. The van der Waals surface area contributed by atoms with Crippen LogP contribution in [0.15, 0.2) is 83.8 Å². The lowest BCUT2D eigenvalue weighted by molar-refractivity contribution is -0.133. The Morgan fingerprint density at radius 2 is 1.45 bits per heavy atom. The lowest BCUT2D eigenvalue weighted by atomic mass is 10.0.